The van der Waals surface area contributed by atoms with Gasteiger partial charge in [-0.3, -0.25) is 0 Å². The summed E-state index contributed by atoms with van der Waals surface area (Å²) in [5.74, 6) is -1.45. The molecule has 0 radical (unpaired) electrons. The fourth-order valence-corrected chi connectivity index (χ4v) is 4.05. The van der Waals surface area contributed by atoms with Gasteiger partial charge in [-0.2, -0.15) is 5.10 Å². The van der Waals surface area contributed by atoms with Crippen molar-refractivity contribution in [3.8, 4) is 22.4 Å². The van der Waals surface area contributed by atoms with E-state index in [4.69, 9.17) is 21.6 Å². The number of hydrogen-bond acceptors (Lipinski definition) is 4. The first-order chi connectivity index (χ1) is 15.6. The first kappa shape index (κ1) is 21.2. The molecule has 0 fully saturated rings. The maximum absolute atomic E-state index is 14.1. The number of fused-ring (bicyclic) bond motifs is 3. The molecule has 0 aliphatic carbocycles. The number of halogens is 3. The van der Waals surface area contributed by atoms with Gasteiger partial charge in [-0.25, -0.2) is 33.0 Å². The number of rotatable bonds is 2. The van der Waals surface area contributed by atoms with Crippen LogP contribution >= 0.6 is 11.6 Å². The SMILES string of the molecule is CC(C)(C)c1nc2nc(-c3ccccc3Cl)c(-c3ccc(F)c(F)c3)cc2c2n[nH]c(=O)n12. The normalized spacial score (nSPS) is 12.1. The standard InChI is InChI=1S/C24H18ClF2N5O/c1-24(2,3)22-29-20-15(21-30-31-23(33)32(21)22)11-14(12-8-9-17(26)18(27)10-12)19(28-20)13-6-4-5-7-16(13)25/h4-11H,1-3H3,(H,31,33). The molecule has 5 rings (SSSR count). The van der Waals surface area contributed by atoms with Gasteiger partial charge in [0.1, 0.15) is 5.82 Å². The summed E-state index contributed by atoms with van der Waals surface area (Å²) in [6, 6.07) is 12.5. The van der Waals surface area contributed by atoms with E-state index in [-0.39, 0.29) is 0 Å². The lowest BCUT2D eigenvalue weighted by atomic mass is 9.95. The topological polar surface area (TPSA) is 75.9 Å². The zero-order chi connectivity index (χ0) is 23.5. The highest BCUT2D eigenvalue weighted by atomic mass is 35.5. The Bertz CT molecular complexity index is 1620. The van der Waals surface area contributed by atoms with E-state index in [1.807, 2.05) is 26.8 Å². The first-order valence-electron chi connectivity index (χ1n) is 10.2. The Kier molecular flexibility index (Phi) is 4.79. The minimum atomic E-state index is -0.986. The Labute approximate surface area is 191 Å². The highest BCUT2D eigenvalue weighted by molar-refractivity contribution is 6.33. The van der Waals surface area contributed by atoms with E-state index in [1.165, 1.54) is 10.5 Å². The fraction of sp³-hybridized carbons (Fsp3) is 0.167. The first-order valence-corrected chi connectivity index (χ1v) is 10.6. The third-order valence-corrected chi connectivity index (χ3v) is 5.70. The molecule has 0 spiro atoms. The van der Waals surface area contributed by atoms with Crippen molar-refractivity contribution in [1.29, 1.82) is 0 Å². The highest BCUT2D eigenvalue weighted by Crippen LogP contribution is 2.38. The van der Waals surface area contributed by atoms with Crippen LogP contribution in [0.5, 0.6) is 0 Å². The molecule has 166 valence electrons. The smallest absolute Gasteiger partial charge is 0.246 e. The molecule has 0 aliphatic heterocycles. The second-order valence-corrected chi connectivity index (χ2v) is 9.14. The monoisotopic (exact) mass is 465 g/mol. The zero-order valence-electron chi connectivity index (χ0n) is 17.9. The molecular weight excluding hydrogens is 448 g/mol. The van der Waals surface area contributed by atoms with Gasteiger partial charge in [0.15, 0.2) is 22.9 Å². The van der Waals surface area contributed by atoms with Crippen LogP contribution in [0.2, 0.25) is 5.02 Å². The molecule has 0 unspecified atom stereocenters. The summed E-state index contributed by atoms with van der Waals surface area (Å²) >= 11 is 6.47. The molecule has 1 N–H and O–H groups in total. The van der Waals surface area contributed by atoms with Gasteiger partial charge < -0.3 is 0 Å². The molecule has 0 bridgehead atoms. The van der Waals surface area contributed by atoms with Gasteiger partial charge in [0.25, 0.3) is 0 Å². The molecule has 5 aromatic rings. The van der Waals surface area contributed by atoms with Crippen molar-refractivity contribution in [2.24, 2.45) is 0 Å². The summed E-state index contributed by atoms with van der Waals surface area (Å²) in [5, 5.41) is 7.59. The van der Waals surface area contributed by atoms with Gasteiger partial charge >= 0.3 is 5.69 Å². The van der Waals surface area contributed by atoms with E-state index in [2.05, 4.69) is 10.2 Å². The van der Waals surface area contributed by atoms with Crippen LogP contribution in [0.3, 0.4) is 0 Å². The predicted octanol–water partition coefficient (Wildman–Crippen LogP) is 5.53. The van der Waals surface area contributed by atoms with Gasteiger partial charge in [-0.15, -0.1) is 0 Å². The number of H-pyrrole nitrogens is 1. The van der Waals surface area contributed by atoms with Crippen LogP contribution in [0.25, 0.3) is 39.1 Å². The average Bonchev–Trinajstić information content (AvgIpc) is 3.16. The van der Waals surface area contributed by atoms with Crippen molar-refractivity contribution in [3.63, 3.8) is 0 Å². The molecule has 33 heavy (non-hydrogen) atoms. The van der Waals surface area contributed by atoms with Crippen LogP contribution in [0.4, 0.5) is 8.78 Å². The van der Waals surface area contributed by atoms with Crippen molar-refractivity contribution in [3.05, 3.63) is 81.5 Å². The summed E-state index contributed by atoms with van der Waals surface area (Å²) in [7, 11) is 0. The lowest BCUT2D eigenvalue weighted by Gasteiger charge is -2.20. The Morgan fingerprint density at radius 1 is 0.970 bits per heavy atom. The van der Waals surface area contributed by atoms with E-state index in [0.29, 0.717) is 49.9 Å². The number of aromatic nitrogens is 5. The van der Waals surface area contributed by atoms with Crippen LogP contribution < -0.4 is 5.69 Å². The lowest BCUT2D eigenvalue weighted by molar-refractivity contribution is 0.509. The quantitative estimate of drug-likeness (QED) is 0.372. The van der Waals surface area contributed by atoms with Crippen LogP contribution in [-0.2, 0) is 5.41 Å². The van der Waals surface area contributed by atoms with Crippen molar-refractivity contribution in [1.82, 2.24) is 24.6 Å². The largest absolute Gasteiger partial charge is 0.349 e. The third kappa shape index (κ3) is 3.47. The van der Waals surface area contributed by atoms with Gasteiger partial charge in [0.05, 0.1) is 11.1 Å². The second-order valence-electron chi connectivity index (χ2n) is 8.74. The minimum Gasteiger partial charge on any atom is -0.246 e. The summed E-state index contributed by atoms with van der Waals surface area (Å²) in [6.07, 6.45) is 0. The molecule has 0 atom stereocenters. The molecule has 2 aromatic carbocycles. The van der Waals surface area contributed by atoms with Crippen LogP contribution in [0.15, 0.2) is 53.3 Å². The Balaban J connectivity index is 1.95. The summed E-state index contributed by atoms with van der Waals surface area (Å²) in [5.41, 5.74) is 1.75. The number of hydrogen-bond donors (Lipinski definition) is 1. The Morgan fingerprint density at radius 3 is 2.42 bits per heavy atom. The lowest BCUT2D eigenvalue weighted by Crippen LogP contribution is -2.25. The van der Waals surface area contributed by atoms with Crippen molar-refractivity contribution < 1.29 is 8.78 Å². The van der Waals surface area contributed by atoms with Gasteiger partial charge in [0, 0.05) is 21.6 Å². The summed E-state index contributed by atoms with van der Waals surface area (Å²) in [6.45, 7) is 5.81. The van der Waals surface area contributed by atoms with E-state index < -0.39 is 22.7 Å². The number of pyridine rings is 1. The summed E-state index contributed by atoms with van der Waals surface area (Å²) < 4.78 is 29.2. The minimum absolute atomic E-state index is 0.344. The van der Waals surface area contributed by atoms with Crippen LogP contribution in [0.1, 0.15) is 26.6 Å². The van der Waals surface area contributed by atoms with E-state index in [9.17, 15) is 13.6 Å². The molecule has 0 saturated heterocycles. The van der Waals surface area contributed by atoms with Gasteiger partial charge in [-0.05, 0) is 29.8 Å². The summed E-state index contributed by atoms with van der Waals surface area (Å²) in [4.78, 5) is 22.0. The molecule has 3 heterocycles. The molecular formula is C24H18ClF2N5O. The number of nitrogens with zero attached hydrogens (tertiary/aromatic N) is 4. The van der Waals surface area contributed by atoms with E-state index in [1.54, 1.807) is 24.3 Å². The second kappa shape index (κ2) is 7.45. The average molecular weight is 466 g/mol. The zero-order valence-corrected chi connectivity index (χ0v) is 18.7. The number of nitrogens with one attached hydrogen (secondary N) is 1. The Morgan fingerprint density at radius 2 is 1.73 bits per heavy atom. The maximum atomic E-state index is 14.1. The van der Waals surface area contributed by atoms with E-state index >= 15 is 0 Å². The van der Waals surface area contributed by atoms with Crippen molar-refractivity contribution >= 4 is 28.3 Å². The van der Waals surface area contributed by atoms with E-state index in [0.717, 1.165) is 12.1 Å². The molecule has 0 aliphatic rings. The Hall–Kier alpha value is -3.65. The fourth-order valence-electron chi connectivity index (χ4n) is 3.82. The molecule has 0 saturated carbocycles. The van der Waals surface area contributed by atoms with Gasteiger partial charge in [0.2, 0.25) is 0 Å². The predicted molar refractivity (Wildman–Crippen MR) is 123 cm³/mol. The van der Waals surface area contributed by atoms with Crippen LogP contribution in [-0.4, -0.2) is 24.6 Å². The number of aromatic amines is 1. The van der Waals surface area contributed by atoms with Crippen molar-refractivity contribution in [2.45, 2.75) is 26.2 Å². The van der Waals surface area contributed by atoms with Crippen LogP contribution in [0, 0.1) is 11.6 Å². The highest BCUT2D eigenvalue weighted by Gasteiger charge is 2.25. The molecule has 6 nitrogen and oxygen atoms in total. The number of benzene rings is 2. The molecule has 0 amide bonds. The molecule has 3 aromatic heterocycles. The molecule has 9 heteroatoms. The third-order valence-electron chi connectivity index (χ3n) is 5.37. The maximum Gasteiger partial charge on any atom is 0.349 e. The van der Waals surface area contributed by atoms with Crippen molar-refractivity contribution in [2.75, 3.05) is 0 Å². The van der Waals surface area contributed by atoms with Gasteiger partial charge in [-0.1, -0.05) is 56.6 Å².